The highest BCUT2D eigenvalue weighted by Gasteiger charge is 2.44. The molecule has 0 radical (unpaired) electrons. The van der Waals surface area contributed by atoms with E-state index in [1.165, 1.54) is 0 Å². The van der Waals surface area contributed by atoms with E-state index >= 15 is 0 Å². The minimum Gasteiger partial charge on any atom is -0.484 e. The number of amides is 1. The molecule has 1 amide bonds. The first-order valence-electron chi connectivity index (χ1n) is 12.1. The lowest BCUT2D eigenvalue weighted by atomic mass is 9.77. The fraction of sp³-hybridized carbons (Fsp3) is 0.310. The first kappa shape index (κ1) is 23.1. The fourth-order valence-corrected chi connectivity index (χ4v) is 5.47. The monoisotopic (exact) mass is 467 g/mol. The Morgan fingerprint density at radius 3 is 2.51 bits per heavy atom. The molecule has 178 valence electrons. The highest BCUT2D eigenvalue weighted by atomic mass is 16.5. The minimum absolute atomic E-state index is 0.0150. The molecule has 4 atom stereocenters. The maximum atomic E-state index is 13.2. The zero-order valence-electron chi connectivity index (χ0n) is 19.7. The van der Waals surface area contributed by atoms with Crippen molar-refractivity contribution < 1.29 is 14.6 Å². The lowest BCUT2D eigenvalue weighted by Crippen LogP contribution is -2.40. The van der Waals surface area contributed by atoms with Crippen LogP contribution in [0.15, 0.2) is 72.8 Å². The van der Waals surface area contributed by atoms with Crippen LogP contribution in [0.5, 0.6) is 5.75 Å². The number of aliphatic hydroxyl groups excluding tert-OH is 1. The van der Waals surface area contributed by atoms with Crippen LogP contribution in [0.2, 0.25) is 0 Å². The average molecular weight is 468 g/mol. The number of nitriles is 1. The summed E-state index contributed by atoms with van der Waals surface area (Å²) in [6.45, 7) is 2.52. The fourth-order valence-electron chi connectivity index (χ4n) is 5.47. The number of rotatable bonds is 7. The standard InChI is InChI=1S/C29H29N3O3/c1-2-23(19-9-5-3-6-10-19)31-29-25(33)15-21-17-32(24-14-13-20(16-30)28(29)27(21)24)26(34)18-35-22-11-7-4-8-12-22/h3-14,21,23,25,29,31,33H,2,15,17-18H2,1H3. The summed E-state index contributed by atoms with van der Waals surface area (Å²) in [6, 6.07) is 25.0. The molecule has 6 heteroatoms. The Balaban J connectivity index is 1.45. The second-order valence-corrected chi connectivity index (χ2v) is 9.19. The van der Waals surface area contributed by atoms with E-state index in [-0.39, 0.29) is 24.5 Å². The largest absolute Gasteiger partial charge is 0.484 e. The summed E-state index contributed by atoms with van der Waals surface area (Å²) in [4.78, 5) is 14.9. The van der Waals surface area contributed by atoms with Gasteiger partial charge in [-0.2, -0.15) is 5.26 Å². The summed E-state index contributed by atoms with van der Waals surface area (Å²) in [7, 11) is 0. The molecule has 0 spiro atoms. The van der Waals surface area contributed by atoms with Crippen LogP contribution in [0.1, 0.15) is 60.0 Å². The van der Waals surface area contributed by atoms with Gasteiger partial charge in [0.1, 0.15) is 5.75 Å². The normalized spacial score (nSPS) is 21.2. The smallest absolute Gasteiger partial charge is 0.264 e. The van der Waals surface area contributed by atoms with E-state index in [1.807, 2.05) is 54.6 Å². The number of benzene rings is 3. The number of anilines is 1. The number of hydrogen-bond acceptors (Lipinski definition) is 5. The summed E-state index contributed by atoms with van der Waals surface area (Å²) in [5.41, 5.74) is 4.33. The molecule has 3 aromatic carbocycles. The van der Waals surface area contributed by atoms with Crippen LogP contribution in [-0.4, -0.2) is 30.3 Å². The van der Waals surface area contributed by atoms with Gasteiger partial charge in [0.05, 0.1) is 23.8 Å². The molecular weight excluding hydrogens is 438 g/mol. The molecule has 2 N–H and O–H groups in total. The van der Waals surface area contributed by atoms with Crippen LogP contribution in [0.25, 0.3) is 0 Å². The van der Waals surface area contributed by atoms with Crippen molar-refractivity contribution in [3.05, 3.63) is 95.1 Å². The number of hydrogen-bond donors (Lipinski definition) is 2. The Morgan fingerprint density at radius 2 is 1.83 bits per heavy atom. The van der Waals surface area contributed by atoms with Crippen molar-refractivity contribution in [3.63, 3.8) is 0 Å². The molecule has 4 unspecified atom stereocenters. The number of ether oxygens (including phenoxy) is 1. The Labute approximate surface area is 205 Å². The Kier molecular flexibility index (Phi) is 6.54. The van der Waals surface area contributed by atoms with Crippen molar-refractivity contribution in [1.29, 1.82) is 5.26 Å². The highest BCUT2D eigenvalue weighted by Crippen LogP contribution is 2.49. The van der Waals surface area contributed by atoms with Gasteiger partial charge in [0, 0.05) is 24.2 Å². The third kappa shape index (κ3) is 4.41. The molecule has 0 fully saturated rings. The third-order valence-corrected chi connectivity index (χ3v) is 7.11. The maximum absolute atomic E-state index is 13.2. The van der Waals surface area contributed by atoms with Gasteiger partial charge < -0.3 is 20.1 Å². The van der Waals surface area contributed by atoms with Crippen LogP contribution in [-0.2, 0) is 4.79 Å². The molecular formula is C29H29N3O3. The van der Waals surface area contributed by atoms with Gasteiger partial charge in [-0.25, -0.2) is 0 Å². The Hall–Kier alpha value is -3.66. The van der Waals surface area contributed by atoms with Gasteiger partial charge >= 0.3 is 0 Å². The predicted octanol–water partition coefficient (Wildman–Crippen LogP) is 4.61. The van der Waals surface area contributed by atoms with Gasteiger partial charge in [-0.1, -0.05) is 55.5 Å². The van der Waals surface area contributed by atoms with Crippen molar-refractivity contribution in [2.24, 2.45) is 0 Å². The van der Waals surface area contributed by atoms with Crippen molar-refractivity contribution >= 4 is 11.6 Å². The molecule has 5 rings (SSSR count). The summed E-state index contributed by atoms with van der Waals surface area (Å²) in [5.74, 6) is 0.497. The van der Waals surface area contributed by atoms with Crippen LogP contribution in [0, 0.1) is 11.3 Å². The lowest BCUT2D eigenvalue weighted by Gasteiger charge is -2.36. The second kappa shape index (κ2) is 9.91. The minimum atomic E-state index is -0.664. The van der Waals surface area contributed by atoms with Gasteiger partial charge in [0.15, 0.2) is 6.61 Å². The molecule has 0 bridgehead atoms. The summed E-state index contributed by atoms with van der Waals surface area (Å²) < 4.78 is 5.71. The first-order valence-corrected chi connectivity index (χ1v) is 12.1. The molecule has 6 nitrogen and oxygen atoms in total. The summed E-state index contributed by atoms with van der Waals surface area (Å²) >= 11 is 0. The van der Waals surface area contributed by atoms with Crippen molar-refractivity contribution in [1.82, 2.24) is 5.32 Å². The molecule has 1 heterocycles. The van der Waals surface area contributed by atoms with Gasteiger partial charge in [-0.15, -0.1) is 0 Å². The molecule has 2 aliphatic rings. The summed E-state index contributed by atoms with van der Waals surface area (Å²) in [6.07, 6.45) is 0.707. The molecule has 3 aromatic rings. The number of nitrogens with zero attached hydrogens (tertiary/aromatic N) is 2. The van der Waals surface area contributed by atoms with E-state index in [0.717, 1.165) is 28.8 Å². The van der Waals surface area contributed by atoms with E-state index in [1.54, 1.807) is 11.0 Å². The second-order valence-electron chi connectivity index (χ2n) is 9.19. The van der Waals surface area contributed by atoms with E-state index in [9.17, 15) is 15.2 Å². The van der Waals surface area contributed by atoms with Crippen molar-refractivity contribution in [3.8, 4) is 11.8 Å². The zero-order valence-corrected chi connectivity index (χ0v) is 19.7. The zero-order chi connectivity index (χ0) is 24.4. The van der Waals surface area contributed by atoms with Gasteiger partial charge in [0.2, 0.25) is 0 Å². The third-order valence-electron chi connectivity index (χ3n) is 7.11. The van der Waals surface area contributed by atoms with Gasteiger partial charge in [0.25, 0.3) is 5.91 Å². The SMILES string of the molecule is CCC(NC1c2c(C#N)ccc3c2C(CC1O)CN3C(=O)COc1ccccc1)c1ccccc1. The van der Waals surface area contributed by atoms with Crippen LogP contribution >= 0.6 is 0 Å². The average Bonchev–Trinajstić information content (AvgIpc) is 3.27. The molecule has 1 aliphatic carbocycles. The first-order chi connectivity index (χ1) is 17.1. The van der Waals surface area contributed by atoms with Gasteiger partial charge in [-0.3, -0.25) is 4.79 Å². The van der Waals surface area contributed by atoms with Gasteiger partial charge in [-0.05, 0) is 53.8 Å². The lowest BCUT2D eigenvalue weighted by molar-refractivity contribution is -0.120. The van der Waals surface area contributed by atoms with Crippen LogP contribution in [0.3, 0.4) is 0 Å². The van der Waals surface area contributed by atoms with E-state index in [4.69, 9.17) is 4.74 Å². The Bertz CT molecular complexity index is 1240. The number of para-hydroxylation sites is 1. The topological polar surface area (TPSA) is 85.6 Å². The van der Waals surface area contributed by atoms with Crippen molar-refractivity contribution in [2.45, 2.75) is 43.9 Å². The van der Waals surface area contributed by atoms with Crippen molar-refractivity contribution in [2.75, 3.05) is 18.1 Å². The van der Waals surface area contributed by atoms with Crippen LogP contribution in [0.4, 0.5) is 5.69 Å². The number of aliphatic hydroxyl groups is 1. The maximum Gasteiger partial charge on any atom is 0.264 e. The predicted molar refractivity (Wildman–Crippen MR) is 134 cm³/mol. The number of nitrogens with one attached hydrogen (secondary N) is 1. The quantitative estimate of drug-likeness (QED) is 0.530. The summed E-state index contributed by atoms with van der Waals surface area (Å²) in [5, 5.41) is 24.8. The molecule has 1 aliphatic heterocycles. The Morgan fingerprint density at radius 1 is 1.11 bits per heavy atom. The highest BCUT2D eigenvalue weighted by molar-refractivity contribution is 5.97. The van der Waals surface area contributed by atoms with E-state index < -0.39 is 12.1 Å². The molecule has 35 heavy (non-hydrogen) atoms. The molecule has 0 saturated heterocycles. The van der Waals surface area contributed by atoms with E-state index in [2.05, 4.69) is 30.4 Å². The van der Waals surface area contributed by atoms with Crippen LogP contribution < -0.4 is 15.0 Å². The molecule has 0 aromatic heterocycles. The molecule has 0 saturated carbocycles. The van der Waals surface area contributed by atoms with E-state index in [0.29, 0.717) is 24.3 Å². The number of carbonyl (C=O) groups excluding carboxylic acids is 1. The number of carbonyl (C=O) groups is 1.